The summed E-state index contributed by atoms with van der Waals surface area (Å²) in [6.45, 7) is 3.76. The number of fused-ring (bicyclic) bond motifs is 1. The third-order valence-electron chi connectivity index (χ3n) is 3.12. The van der Waals surface area contributed by atoms with E-state index in [0.29, 0.717) is 12.8 Å². The summed E-state index contributed by atoms with van der Waals surface area (Å²) in [7, 11) is 1.60. The van der Waals surface area contributed by atoms with E-state index in [1.54, 1.807) is 17.0 Å². The van der Waals surface area contributed by atoms with Gasteiger partial charge in [-0.1, -0.05) is 6.92 Å². The molecule has 1 aromatic carbocycles. The van der Waals surface area contributed by atoms with Crippen LogP contribution in [-0.2, 0) is 20.3 Å². The molecule has 0 spiro atoms. The molecule has 0 aliphatic carbocycles. The molecule has 1 aliphatic rings. The fourth-order valence-electron chi connectivity index (χ4n) is 2.31. The number of carbonyl (C=O) groups is 1. The van der Waals surface area contributed by atoms with Crippen molar-refractivity contribution in [1.29, 1.82) is 0 Å². The summed E-state index contributed by atoms with van der Waals surface area (Å²) in [4.78, 5) is 13.7. The first-order chi connectivity index (χ1) is 8.34. The second-order valence-electron chi connectivity index (χ2n) is 4.40. The zero-order valence-electron chi connectivity index (χ0n) is 10.2. The average molecular weight is 288 g/mol. The van der Waals surface area contributed by atoms with Crippen LogP contribution in [0.5, 0.6) is 0 Å². The van der Waals surface area contributed by atoms with E-state index >= 15 is 0 Å². The van der Waals surface area contributed by atoms with Crippen molar-refractivity contribution in [1.82, 2.24) is 0 Å². The maximum atomic E-state index is 11.9. The highest BCUT2D eigenvalue weighted by molar-refractivity contribution is 8.13. The second-order valence-corrected chi connectivity index (χ2v) is 6.96. The third kappa shape index (κ3) is 2.24. The van der Waals surface area contributed by atoms with E-state index in [9.17, 15) is 13.2 Å². The highest BCUT2D eigenvalue weighted by Crippen LogP contribution is 2.34. The van der Waals surface area contributed by atoms with Crippen molar-refractivity contribution in [3.05, 3.63) is 23.8 Å². The Bertz CT molecular complexity index is 597. The zero-order valence-corrected chi connectivity index (χ0v) is 11.8. The quantitative estimate of drug-likeness (QED) is 0.784. The molecular formula is C12H14ClNO3S. The normalized spacial score (nSPS) is 18.8. The van der Waals surface area contributed by atoms with Crippen molar-refractivity contribution >= 4 is 31.3 Å². The van der Waals surface area contributed by atoms with Crippen LogP contribution in [0.15, 0.2) is 23.1 Å². The minimum Gasteiger partial charge on any atom is -0.309 e. The highest BCUT2D eigenvalue weighted by Gasteiger charge is 2.30. The molecule has 0 saturated heterocycles. The number of hydrogen-bond donors (Lipinski definition) is 0. The van der Waals surface area contributed by atoms with Gasteiger partial charge in [0.1, 0.15) is 0 Å². The molecular weight excluding hydrogens is 274 g/mol. The van der Waals surface area contributed by atoms with Gasteiger partial charge in [0.2, 0.25) is 5.91 Å². The summed E-state index contributed by atoms with van der Waals surface area (Å²) in [6, 6.07) is 4.70. The molecule has 1 atom stereocenters. The van der Waals surface area contributed by atoms with Gasteiger partial charge in [0.05, 0.1) is 4.90 Å². The summed E-state index contributed by atoms with van der Waals surface area (Å²) in [5.41, 5.74) is 1.64. The molecule has 0 bridgehead atoms. The number of nitrogens with zero attached hydrogens (tertiary/aromatic N) is 1. The first-order valence-corrected chi connectivity index (χ1v) is 8.05. The predicted octanol–water partition coefficient (Wildman–Crippen LogP) is 2.30. The van der Waals surface area contributed by atoms with E-state index < -0.39 is 9.05 Å². The smallest absolute Gasteiger partial charge is 0.261 e. The molecule has 18 heavy (non-hydrogen) atoms. The van der Waals surface area contributed by atoms with Gasteiger partial charge in [0, 0.05) is 28.8 Å². The molecule has 0 saturated carbocycles. The lowest BCUT2D eigenvalue weighted by atomic mass is 10.1. The van der Waals surface area contributed by atoms with Crippen LogP contribution in [0.1, 0.15) is 25.8 Å². The Hall–Kier alpha value is -1.07. The Morgan fingerprint density at radius 2 is 2.17 bits per heavy atom. The van der Waals surface area contributed by atoms with Crippen LogP contribution in [0.4, 0.5) is 5.69 Å². The van der Waals surface area contributed by atoms with Crippen LogP contribution in [0.2, 0.25) is 0 Å². The number of amides is 1. The van der Waals surface area contributed by atoms with Gasteiger partial charge >= 0.3 is 0 Å². The maximum Gasteiger partial charge on any atom is 0.261 e. The molecule has 1 unspecified atom stereocenters. The van der Waals surface area contributed by atoms with E-state index in [0.717, 1.165) is 11.3 Å². The summed E-state index contributed by atoms with van der Waals surface area (Å²) in [5.74, 6) is 0.0442. The van der Waals surface area contributed by atoms with E-state index in [2.05, 4.69) is 0 Å². The van der Waals surface area contributed by atoms with Crippen LogP contribution in [0.25, 0.3) is 0 Å². The molecule has 0 radical (unpaired) electrons. The number of rotatable bonds is 2. The lowest BCUT2D eigenvalue weighted by Gasteiger charge is -2.22. The van der Waals surface area contributed by atoms with E-state index in [4.69, 9.17) is 10.7 Å². The molecule has 1 aliphatic heterocycles. The highest BCUT2D eigenvalue weighted by atomic mass is 35.7. The van der Waals surface area contributed by atoms with Crippen molar-refractivity contribution in [3.63, 3.8) is 0 Å². The van der Waals surface area contributed by atoms with Crippen molar-refractivity contribution in [2.75, 3.05) is 4.90 Å². The number of halogens is 1. The van der Waals surface area contributed by atoms with Gasteiger partial charge in [-0.05, 0) is 37.1 Å². The SMILES string of the molecule is CCC(=O)N1c2ccc(S(=O)(=O)Cl)cc2CC1C. The number of carbonyl (C=O) groups excluding carboxylic acids is 1. The van der Waals surface area contributed by atoms with Gasteiger partial charge in [-0.2, -0.15) is 0 Å². The lowest BCUT2D eigenvalue weighted by molar-refractivity contribution is -0.118. The minimum atomic E-state index is -3.72. The minimum absolute atomic E-state index is 0.0442. The molecule has 4 nitrogen and oxygen atoms in total. The number of hydrogen-bond acceptors (Lipinski definition) is 3. The summed E-state index contributed by atoms with van der Waals surface area (Å²) in [6.07, 6.45) is 1.08. The lowest BCUT2D eigenvalue weighted by Crippen LogP contribution is -2.35. The fraction of sp³-hybridized carbons (Fsp3) is 0.417. The van der Waals surface area contributed by atoms with Crippen molar-refractivity contribution < 1.29 is 13.2 Å². The maximum absolute atomic E-state index is 11.9. The van der Waals surface area contributed by atoms with Crippen LogP contribution >= 0.6 is 10.7 Å². The van der Waals surface area contributed by atoms with E-state index in [-0.39, 0.29) is 16.8 Å². The number of anilines is 1. The Morgan fingerprint density at radius 3 is 2.72 bits per heavy atom. The Kier molecular flexibility index (Phi) is 3.38. The molecule has 6 heteroatoms. The van der Waals surface area contributed by atoms with Crippen LogP contribution in [-0.4, -0.2) is 20.4 Å². The molecule has 0 N–H and O–H groups in total. The Balaban J connectivity index is 2.48. The van der Waals surface area contributed by atoms with Crippen LogP contribution < -0.4 is 4.90 Å². The van der Waals surface area contributed by atoms with Gasteiger partial charge in [0.25, 0.3) is 9.05 Å². The fourth-order valence-corrected chi connectivity index (χ4v) is 3.11. The Morgan fingerprint density at radius 1 is 1.50 bits per heavy atom. The predicted molar refractivity (Wildman–Crippen MR) is 70.4 cm³/mol. The van der Waals surface area contributed by atoms with Gasteiger partial charge in [-0.25, -0.2) is 8.42 Å². The van der Waals surface area contributed by atoms with Gasteiger partial charge in [0.15, 0.2) is 0 Å². The van der Waals surface area contributed by atoms with Gasteiger partial charge in [-0.3, -0.25) is 4.79 Å². The molecule has 1 aromatic rings. The monoisotopic (exact) mass is 287 g/mol. The first kappa shape index (κ1) is 13.4. The average Bonchev–Trinajstić information content (AvgIpc) is 2.61. The summed E-state index contributed by atoms with van der Waals surface area (Å²) >= 11 is 0. The molecule has 98 valence electrons. The van der Waals surface area contributed by atoms with Gasteiger partial charge < -0.3 is 4.90 Å². The molecule has 2 rings (SSSR count). The van der Waals surface area contributed by atoms with E-state index in [1.165, 1.54) is 6.07 Å². The summed E-state index contributed by atoms with van der Waals surface area (Å²) < 4.78 is 22.5. The van der Waals surface area contributed by atoms with Crippen molar-refractivity contribution in [2.45, 2.75) is 37.6 Å². The number of benzene rings is 1. The molecule has 0 aromatic heterocycles. The zero-order chi connectivity index (χ0) is 13.5. The molecule has 1 amide bonds. The van der Waals surface area contributed by atoms with Crippen molar-refractivity contribution in [2.24, 2.45) is 0 Å². The standard InChI is InChI=1S/C12H14ClNO3S/c1-3-12(15)14-8(2)6-9-7-10(18(13,16)17)4-5-11(9)14/h4-5,7-8H,3,6H2,1-2H3. The van der Waals surface area contributed by atoms with E-state index in [1.807, 2.05) is 13.8 Å². The topological polar surface area (TPSA) is 54.5 Å². The third-order valence-corrected chi connectivity index (χ3v) is 4.47. The van der Waals surface area contributed by atoms with Crippen LogP contribution in [0.3, 0.4) is 0 Å². The first-order valence-electron chi connectivity index (χ1n) is 5.74. The largest absolute Gasteiger partial charge is 0.309 e. The molecule has 1 heterocycles. The second kappa shape index (κ2) is 4.55. The van der Waals surface area contributed by atoms with Crippen LogP contribution in [0, 0.1) is 0 Å². The van der Waals surface area contributed by atoms with Gasteiger partial charge in [-0.15, -0.1) is 0 Å². The summed E-state index contributed by atoms with van der Waals surface area (Å²) in [5, 5.41) is 0. The van der Waals surface area contributed by atoms with Crippen molar-refractivity contribution in [3.8, 4) is 0 Å². The Labute approximate surface area is 111 Å². The molecule has 0 fully saturated rings.